The minimum Gasteiger partial charge on any atom is -0.493 e. The summed E-state index contributed by atoms with van der Waals surface area (Å²) in [5.74, 6) is 0.969. The lowest BCUT2D eigenvalue weighted by atomic mass is 9.71. The van der Waals surface area contributed by atoms with Gasteiger partial charge in [-0.15, -0.1) is 0 Å². The number of rotatable bonds is 9. The predicted octanol–water partition coefficient (Wildman–Crippen LogP) is 6.39. The molecule has 0 radical (unpaired) electrons. The molecule has 2 N–H and O–H groups in total. The number of piperazine rings is 1. The first kappa shape index (κ1) is 37.0. The van der Waals surface area contributed by atoms with E-state index in [1.807, 2.05) is 80.3 Å². The molecular formula is C36H46Cl2N6O4S. The lowest BCUT2D eigenvalue weighted by Crippen LogP contribution is -2.60. The van der Waals surface area contributed by atoms with E-state index in [2.05, 4.69) is 25.7 Å². The molecular weight excluding hydrogens is 683 g/mol. The molecule has 1 saturated heterocycles. The predicted molar refractivity (Wildman–Crippen MR) is 196 cm³/mol. The van der Waals surface area contributed by atoms with Crippen LogP contribution in [0.5, 0.6) is 5.75 Å². The molecule has 3 aromatic rings. The van der Waals surface area contributed by atoms with Gasteiger partial charge in [0.2, 0.25) is 10.0 Å². The normalized spacial score (nSPS) is 21.9. The number of aromatic nitrogens is 1. The SMILES string of the molecule is CCOc1cc(C(C)(C)C)ncc1C1=N[C@@](C)(c2ccc(Cl)cc2)[C@@](C)(c2ccc(Cl)cc2)N1C(=O)N1CCN(CCCS(N)(=O)=O)CC1. The van der Waals surface area contributed by atoms with Crippen LogP contribution in [0.15, 0.2) is 65.8 Å². The van der Waals surface area contributed by atoms with Gasteiger partial charge in [0.05, 0.1) is 17.9 Å². The molecule has 2 aromatic carbocycles. The Balaban J connectivity index is 1.65. The van der Waals surface area contributed by atoms with Crippen molar-refractivity contribution in [1.29, 1.82) is 0 Å². The number of carbonyl (C=O) groups is 1. The van der Waals surface area contributed by atoms with Gasteiger partial charge in [-0.3, -0.25) is 19.8 Å². The van der Waals surface area contributed by atoms with Gasteiger partial charge >= 0.3 is 6.03 Å². The summed E-state index contributed by atoms with van der Waals surface area (Å²) in [5.41, 5.74) is 0.924. The van der Waals surface area contributed by atoms with Crippen molar-refractivity contribution in [2.75, 3.05) is 45.1 Å². The number of amidine groups is 1. The minimum atomic E-state index is -3.53. The van der Waals surface area contributed by atoms with Gasteiger partial charge in [0.1, 0.15) is 22.7 Å². The summed E-state index contributed by atoms with van der Waals surface area (Å²) in [6, 6.07) is 16.9. The number of nitrogens with zero attached hydrogens (tertiary/aromatic N) is 5. The van der Waals surface area contributed by atoms with Crippen LogP contribution in [-0.4, -0.2) is 85.1 Å². The molecule has 13 heteroatoms. The third kappa shape index (κ3) is 7.61. The van der Waals surface area contributed by atoms with E-state index in [1.54, 1.807) is 11.1 Å². The summed E-state index contributed by atoms with van der Waals surface area (Å²) in [4.78, 5) is 31.2. The van der Waals surface area contributed by atoms with Gasteiger partial charge < -0.3 is 9.64 Å². The van der Waals surface area contributed by atoms with E-state index in [9.17, 15) is 8.42 Å². The lowest BCUT2D eigenvalue weighted by molar-refractivity contribution is 0.0868. The van der Waals surface area contributed by atoms with Crippen LogP contribution in [0.1, 0.15) is 70.3 Å². The van der Waals surface area contributed by atoms with Gasteiger partial charge in [-0.2, -0.15) is 0 Å². The Morgan fingerprint density at radius 1 is 0.959 bits per heavy atom. The molecule has 49 heavy (non-hydrogen) atoms. The Kier molecular flexibility index (Phi) is 10.7. The maximum Gasteiger partial charge on any atom is 0.326 e. The van der Waals surface area contributed by atoms with Crippen LogP contribution >= 0.6 is 23.2 Å². The summed E-state index contributed by atoms with van der Waals surface area (Å²) in [5, 5.41) is 6.39. The zero-order valence-electron chi connectivity index (χ0n) is 29.0. The molecule has 264 valence electrons. The maximum absolute atomic E-state index is 15.1. The van der Waals surface area contributed by atoms with E-state index in [1.165, 1.54) is 0 Å². The van der Waals surface area contributed by atoms with Crippen molar-refractivity contribution >= 4 is 45.1 Å². The third-order valence-electron chi connectivity index (χ3n) is 9.66. The smallest absolute Gasteiger partial charge is 0.326 e. The summed E-state index contributed by atoms with van der Waals surface area (Å²) in [7, 11) is -3.53. The number of carbonyl (C=O) groups excluding carboxylic acids is 1. The Labute approximate surface area is 300 Å². The fraction of sp³-hybridized carbons (Fsp3) is 0.472. The second-order valence-corrected chi connectivity index (χ2v) is 16.6. The number of pyridine rings is 1. The van der Waals surface area contributed by atoms with Gasteiger partial charge in [-0.05, 0) is 69.1 Å². The largest absolute Gasteiger partial charge is 0.493 e. The number of ether oxygens (including phenoxy) is 1. The van der Waals surface area contributed by atoms with Crippen molar-refractivity contribution < 1.29 is 17.9 Å². The first-order valence-electron chi connectivity index (χ1n) is 16.6. The van der Waals surface area contributed by atoms with Gasteiger partial charge in [-0.25, -0.2) is 18.4 Å². The number of aliphatic imine (C=N–C) groups is 1. The van der Waals surface area contributed by atoms with E-state index in [0.717, 1.165) is 16.8 Å². The second kappa shape index (κ2) is 14.2. The Morgan fingerprint density at radius 3 is 2.06 bits per heavy atom. The van der Waals surface area contributed by atoms with Crippen molar-refractivity contribution in [2.45, 2.75) is 64.5 Å². The Bertz CT molecular complexity index is 1810. The van der Waals surface area contributed by atoms with Crippen LogP contribution in [0.4, 0.5) is 4.79 Å². The minimum absolute atomic E-state index is 0.0767. The van der Waals surface area contributed by atoms with Crippen LogP contribution in [0, 0.1) is 0 Å². The Morgan fingerprint density at radius 2 is 1.53 bits per heavy atom. The van der Waals surface area contributed by atoms with E-state index in [0.29, 0.717) is 72.9 Å². The van der Waals surface area contributed by atoms with E-state index < -0.39 is 21.1 Å². The van der Waals surface area contributed by atoms with Gasteiger partial charge in [0.15, 0.2) is 0 Å². The molecule has 1 aromatic heterocycles. The fourth-order valence-electron chi connectivity index (χ4n) is 6.65. The zero-order chi connectivity index (χ0) is 35.8. The number of amides is 2. The molecule has 2 amide bonds. The highest BCUT2D eigenvalue weighted by Gasteiger charge is 2.60. The second-order valence-electron chi connectivity index (χ2n) is 14.0. The van der Waals surface area contributed by atoms with Crippen LogP contribution < -0.4 is 9.88 Å². The Hall–Kier alpha value is -3.22. The summed E-state index contributed by atoms with van der Waals surface area (Å²) in [6.07, 6.45) is 2.20. The molecule has 2 aliphatic rings. The number of hydrogen-bond donors (Lipinski definition) is 1. The summed E-state index contributed by atoms with van der Waals surface area (Å²) >= 11 is 12.8. The number of nitrogens with two attached hydrogens (primary N) is 1. The molecule has 10 nitrogen and oxygen atoms in total. The number of urea groups is 1. The molecule has 0 spiro atoms. The zero-order valence-corrected chi connectivity index (χ0v) is 31.4. The van der Waals surface area contributed by atoms with Crippen LogP contribution in [0.3, 0.4) is 0 Å². The van der Waals surface area contributed by atoms with Crippen molar-refractivity contribution in [2.24, 2.45) is 10.1 Å². The van der Waals surface area contributed by atoms with Gasteiger partial charge in [0.25, 0.3) is 0 Å². The average molecular weight is 730 g/mol. The molecule has 1 fully saturated rings. The number of sulfonamides is 1. The van der Waals surface area contributed by atoms with Gasteiger partial charge in [0, 0.05) is 59.6 Å². The summed E-state index contributed by atoms with van der Waals surface area (Å²) in [6.45, 7) is 15.4. The van der Waals surface area contributed by atoms with E-state index >= 15 is 4.79 Å². The first-order valence-corrected chi connectivity index (χ1v) is 19.0. The highest BCUT2D eigenvalue weighted by Crippen LogP contribution is 2.54. The fourth-order valence-corrected chi connectivity index (χ4v) is 7.43. The monoisotopic (exact) mass is 728 g/mol. The standard InChI is InChI=1S/C36H46Cl2N6O4S/c1-7-48-30-23-31(34(2,3)4)40-24-29(30)32-41-35(5,25-9-13-27(37)14-10-25)36(6,26-11-15-28(38)16-12-26)44(32)33(45)43-20-18-42(19-21-43)17-8-22-49(39,46)47/h9-16,23-24H,7-8,17-22H2,1-6H3,(H2,39,46,47)/t35-,36+/m0/s1. The quantitative estimate of drug-likeness (QED) is 0.273. The highest BCUT2D eigenvalue weighted by atomic mass is 35.5. The number of primary sulfonamides is 1. The first-order chi connectivity index (χ1) is 23.0. The number of hydrogen-bond acceptors (Lipinski definition) is 7. The van der Waals surface area contributed by atoms with Gasteiger partial charge in [-0.1, -0.05) is 68.2 Å². The van der Waals surface area contributed by atoms with Crippen molar-refractivity contribution in [3.63, 3.8) is 0 Å². The van der Waals surface area contributed by atoms with Crippen molar-refractivity contribution in [3.8, 4) is 5.75 Å². The van der Waals surface area contributed by atoms with E-state index in [-0.39, 0.29) is 17.2 Å². The maximum atomic E-state index is 15.1. The molecule has 2 aliphatic heterocycles. The summed E-state index contributed by atoms with van der Waals surface area (Å²) < 4.78 is 29.2. The molecule has 2 atom stereocenters. The lowest BCUT2D eigenvalue weighted by Gasteiger charge is -2.47. The van der Waals surface area contributed by atoms with Crippen LogP contribution in [0.25, 0.3) is 0 Å². The molecule has 0 bridgehead atoms. The van der Waals surface area contributed by atoms with E-state index in [4.69, 9.17) is 43.1 Å². The molecule has 5 rings (SSSR count). The number of benzene rings is 2. The van der Waals surface area contributed by atoms with Crippen molar-refractivity contribution in [1.82, 2.24) is 19.7 Å². The molecule has 3 heterocycles. The number of halogens is 2. The van der Waals surface area contributed by atoms with Crippen LogP contribution in [-0.2, 0) is 26.5 Å². The molecule has 0 aliphatic carbocycles. The van der Waals surface area contributed by atoms with Crippen molar-refractivity contribution in [3.05, 3.63) is 93.2 Å². The topological polar surface area (TPSA) is 121 Å². The molecule has 0 saturated carbocycles. The van der Waals surface area contributed by atoms with Crippen LogP contribution in [0.2, 0.25) is 10.0 Å². The average Bonchev–Trinajstić information content (AvgIpc) is 3.28. The third-order valence-corrected chi connectivity index (χ3v) is 11.0. The molecule has 0 unspecified atom stereocenters. The highest BCUT2D eigenvalue weighted by molar-refractivity contribution is 7.89.